The van der Waals surface area contributed by atoms with E-state index in [0.717, 1.165) is 13.0 Å². The summed E-state index contributed by atoms with van der Waals surface area (Å²) < 4.78 is 22.8. The first-order chi connectivity index (χ1) is 6.53. The van der Waals surface area contributed by atoms with Gasteiger partial charge in [0.2, 0.25) is 0 Å². The average molecular weight is 234 g/mol. The van der Waals surface area contributed by atoms with E-state index in [1.54, 1.807) is 0 Å². The Morgan fingerprint density at radius 2 is 2.29 bits per heavy atom. The summed E-state index contributed by atoms with van der Waals surface area (Å²) in [6, 6.07) is 0.0671. The molecule has 0 amide bonds. The molecular formula is C8H14N2O2S2. The molecule has 2 aliphatic rings. The van der Waals surface area contributed by atoms with Crippen molar-refractivity contribution in [2.75, 3.05) is 18.1 Å². The van der Waals surface area contributed by atoms with Crippen LogP contribution in [-0.2, 0) is 9.84 Å². The van der Waals surface area contributed by atoms with Gasteiger partial charge < -0.3 is 4.90 Å². The van der Waals surface area contributed by atoms with E-state index in [4.69, 9.17) is 5.41 Å². The van der Waals surface area contributed by atoms with Gasteiger partial charge >= 0.3 is 0 Å². The monoisotopic (exact) mass is 234 g/mol. The summed E-state index contributed by atoms with van der Waals surface area (Å²) in [6.45, 7) is 2.86. The van der Waals surface area contributed by atoms with Crippen molar-refractivity contribution in [1.82, 2.24) is 4.90 Å². The fourth-order valence-electron chi connectivity index (χ4n) is 2.07. The molecule has 0 bridgehead atoms. The highest BCUT2D eigenvalue weighted by Crippen LogP contribution is 2.37. The van der Waals surface area contributed by atoms with E-state index in [1.165, 1.54) is 11.8 Å². The number of amidine groups is 1. The Balaban J connectivity index is 2.17. The lowest BCUT2D eigenvalue weighted by Gasteiger charge is -2.22. The molecule has 2 unspecified atom stereocenters. The van der Waals surface area contributed by atoms with Crippen LogP contribution in [0.4, 0.5) is 0 Å². The molecule has 2 fully saturated rings. The van der Waals surface area contributed by atoms with Gasteiger partial charge in [0.25, 0.3) is 0 Å². The molecule has 80 valence electrons. The first-order valence-corrected chi connectivity index (χ1v) is 7.46. The average Bonchev–Trinajstić information content (AvgIpc) is 2.47. The van der Waals surface area contributed by atoms with Crippen LogP contribution in [-0.4, -0.2) is 47.8 Å². The summed E-state index contributed by atoms with van der Waals surface area (Å²) in [7, 11) is -2.84. The first-order valence-electron chi connectivity index (χ1n) is 4.76. The van der Waals surface area contributed by atoms with Crippen LogP contribution in [0.15, 0.2) is 0 Å². The highest BCUT2D eigenvalue weighted by molar-refractivity contribution is 8.15. The Hall–Kier alpha value is -0.230. The van der Waals surface area contributed by atoms with Gasteiger partial charge in [-0.2, -0.15) is 0 Å². The van der Waals surface area contributed by atoms with E-state index >= 15 is 0 Å². The lowest BCUT2D eigenvalue weighted by atomic mass is 10.2. The SMILES string of the molecule is CCCN1C(=N)SC2CS(=O)(=O)CC21. The van der Waals surface area contributed by atoms with E-state index in [2.05, 4.69) is 6.92 Å². The quantitative estimate of drug-likeness (QED) is 0.758. The second kappa shape index (κ2) is 3.41. The number of fused-ring (bicyclic) bond motifs is 1. The maximum atomic E-state index is 11.4. The van der Waals surface area contributed by atoms with Crippen LogP contribution in [0.5, 0.6) is 0 Å². The molecule has 4 nitrogen and oxygen atoms in total. The summed E-state index contributed by atoms with van der Waals surface area (Å²) >= 11 is 1.42. The van der Waals surface area contributed by atoms with Crippen molar-refractivity contribution in [3.8, 4) is 0 Å². The molecule has 2 aliphatic heterocycles. The second-order valence-corrected chi connectivity index (χ2v) is 7.18. The Bertz CT molecular complexity index is 352. The van der Waals surface area contributed by atoms with Crippen molar-refractivity contribution in [2.24, 2.45) is 0 Å². The fourth-order valence-corrected chi connectivity index (χ4v) is 5.93. The van der Waals surface area contributed by atoms with E-state index in [-0.39, 0.29) is 22.8 Å². The molecule has 2 saturated heterocycles. The molecule has 0 aromatic heterocycles. The van der Waals surface area contributed by atoms with Gasteiger partial charge in [0, 0.05) is 11.8 Å². The van der Waals surface area contributed by atoms with Crippen LogP contribution in [0.25, 0.3) is 0 Å². The summed E-state index contributed by atoms with van der Waals surface area (Å²) in [5, 5.41) is 8.39. The molecule has 2 heterocycles. The van der Waals surface area contributed by atoms with Crippen LogP contribution in [0.3, 0.4) is 0 Å². The van der Waals surface area contributed by atoms with Gasteiger partial charge in [-0.05, 0) is 6.42 Å². The Morgan fingerprint density at radius 3 is 2.93 bits per heavy atom. The minimum atomic E-state index is -2.84. The van der Waals surface area contributed by atoms with Gasteiger partial charge in [-0.3, -0.25) is 5.41 Å². The number of sulfone groups is 1. The van der Waals surface area contributed by atoms with Crippen molar-refractivity contribution < 1.29 is 8.42 Å². The van der Waals surface area contributed by atoms with Gasteiger partial charge in [-0.15, -0.1) is 0 Å². The predicted molar refractivity (Wildman–Crippen MR) is 58.5 cm³/mol. The van der Waals surface area contributed by atoms with E-state index in [0.29, 0.717) is 5.17 Å². The van der Waals surface area contributed by atoms with Crippen molar-refractivity contribution in [1.29, 1.82) is 5.41 Å². The number of hydrogen-bond acceptors (Lipinski definition) is 4. The first kappa shape index (κ1) is 10.3. The third-order valence-electron chi connectivity index (χ3n) is 2.66. The molecule has 0 aliphatic carbocycles. The standard InChI is InChI=1S/C8H14N2O2S2/c1-2-3-10-6-4-14(11,12)5-7(6)13-8(10)9/h6-7,9H,2-5H2,1H3. The molecule has 14 heavy (non-hydrogen) atoms. The summed E-state index contributed by atoms with van der Waals surface area (Å²) in [4.78, 5) is 1.94. The van der Waals surface area contributed by atoms with E-state index < -0.39 is 9.84 Å². The number of hydrogen-bond donors (Lipinski definition) is 1. The third-order valence-corrected chi connectivity index (χ3v) is 5.83. The zero-order chi connectivity index (χ0) is 10.3. The summed E-state index contributed by atoms with van der Waals surface area (Å²) in [5.74, 6) is 0.498. The summed E-state index contributed by atoms with van der Waals surface area (Å²) in [5.41, 5.74) is 0. The Morgan fingerprint density at radius 1 is 1.57 bits per heavy atom. The molecule has 0 radical (unpaired) electrons. The zero-order valence-corrected chi connectivity index (χ0v) is 9.70. The maximum Gasteiger partial charge on any atom is 0.157 e. The van der Waals surface area contributed by atoms with E-state index in [1.807, 2.05) is 4.90 Å². The van der Waals surface area contributed by atoms with Crippen molar-refractivity contribution in [3.05, 3.63) is 0 Å². The number of rotatable bonds is 2. The van der Waals surface area contributed by atoms with E-state index in [9.17, 15) is 8.42 Å². The zero-order valence-electron chi connectivity index (χ0n) is 8.06. The van der Waals surface area contributed by atoms with Crippen molar-refractivity contribution in [3.63, 3.8) is 0 Å². The predicted octanol–water partition coefficient (Wildman–Crippen LogP) is 0.546. The van der Waals surface area contributed by atoms with Gasteiger partial charge in [0.1, 0.15) is 0 Å². The Labute approximate surface area is 88.5 Å². The summed E-state index contributed by atoms with van der Waals surface area (Å²) in [6.07, 6.45) is 0.964. The lowest BCUT2D eigenvalue weighted by molar-refractivity contribution is 0.356. The number of nitrogens with one attached hydrogen (secondary N) is 1. The molecule has 2 rings (SSSR count). The molecule has 1 N–H and O–H groups in total. The molecule has 6 heteroatoms. The smallest absolute Gasteiger partial charge is 0.157 e. The molecule has 2 atom stereocenters. The number of nitrogens with zero attached hydrogens (tertiary/aromatic N) is 1. The van der Waals surface area contributed by atoms with Crippen molar-refractivity contribution >= 4 is 26.8 Å². The lowest BCUT2D eigenvalue weighted by Crippen LogP contribution is -2.37. The molecule has 0 spiro atoms. The highest BCUT2D eigenvalue weighted by Gasteiger charge is 2.47. The second-order valence-electron chi connectivity index (χ2n) is 3.80. The van der Waals surface area contributed by atoms with Crippen LogP contribution >= 0.6 is 11.8 Å². The van der Waals surface area contributed by atoms with Crippen LogP contribution in [0.2, 0.25) is 0 Å². The molecule has 0 aromatic carbocycles. The minimum absolute atomic E-state index is 0.0671. The fraction of sp³-hybridized carbons (Fsp3) is 0.875. The maximum absolute atomic E-state index is 11.4. The van der Waals surface area contributed by atoms with Gasteiger partial charge in [-0.25, -0.2) is 8.42 Å². The molecular weight excluding hydrogens is 220 g/mol. The van der Waals surface area contributed by atoms with Gasteiger partial charge in [0.15, 0.2) is 15.0 Å². The third kappa shape index (κ3) is 1.65. The highest BCUT2D eigenvalue weighted by atomic mass is 32.2. The molecule has 0 aromatic rings. The van der Waals surface area contributed by atoms with Gasteiger partial charge in [-0.1, -0.05) is 18.7 Å². The van der Waals surface area contributed by atoms with Crippen molar-refractivity contribution in [2.45, 2.75) is 24.6 Å². The van der Waals surface area contributed by atoms with Crippen LogP contribution in [0, 0.1) is 5.41 Å². The van der Waals surface area contributed by atoms with Crippen LogP contribution in [0.1, 0.15) is 13.3 Å². The normalized spacial score (nSPS) is 34.9. The number of thioether (sulfide) groups is 1. The molecule has 0 saturated carbocycles. The Kier molecular flexibility index (Phi) is 2.51. The minimum Gasteiger partial charge on any atom is -0.346 e. The van der Waals surface area contributed by atoms with Crippen LogP contribution < -0.4 is 0 Å². The topological polar surface area (TPSA) is 61.2 Å². The largest absolute Gasteiger partial charge is 0.346 e. The van der Waals surface area contributed by atoms with Gasteiger partial charge in [0.05, 0.1) is 17.5 Å².